The molecule has 1 aliphatic heterocycles. The minimum atomic E-state index is -3.03. The molecule has 1 N–H and O–H groups in total. The summed E-state index contributed by atoms with van der Waals surface area (Å²) >= 11 is 1.78. The van der Waals surface area contributed by atoms with Crippen molar-refractivity contribution >= 4 is 21.8 Å². The molecule has 0 aliphatic carbocycles. The van der Waals surface area contributed by atoms with Gasteiger partial charge in [-0.2, -0.15) is 0 Å². The van der Waals surface area contributed by atoms with Crippen molar-refractivity contribution < 1.29 is 8.42 Å². The summed E-state index contributed by atoms with van der Waals surface area (Å²) in [6.45, 7) is 4.39. The third-order valence-electron chi connectivity index (χ3n) is 4.19. The number of sulfonamides is 1. The second kappa shape index (κ2) is 7.81. The van der Waals surface area contributed by atoms with Crippen LogP contribution < -0.4 is 5.32 Å². The molecule has 0 saturated carbocycles. The van der Waals surface area contributed by atoms with Gasteiger partial charge >= 0.3 is 0 Å². The van der Waals surface area contributed by atoms with E-state index in [0.29, 0.717) is 25.0 Å². The predicted molar refractivity (Wildman–Crippen MR) is 93.9 cm³/mol. The molecular formula is C16H26N2O2S2. The molecule has 0 amide bonds. The summed E-state index contributed by atoms with van der Waals surface area (Å²) in [7, 11) is -3.03. The van der Waals surface area contributed by atoms with Crippen LogP contribution in [-0.4, -0.2) is 50.9 Å². The average molecular weight is 343 g/mol. The summed E-state index contributed by atoms with van der Waals surface area (Å²) in [5.74, 6) is 0.424. The van der Waals surface area contributed by atoms with Crippen molar-refractivity contribution in [2.75, 3.05) is 32.1 Å². The van der Waals surface area contributed by atoms with Crippen LogP contribution in [0.3, 0.4) is 0 Å². The van der Waals surface area contributed by atoms with Gasteiger partial charge in [0.25, 0.3) is 0 Å². The topological polar surface area (TPSA) is 49.4 Å². The van der Waals surface area contributed by atoms with Crippen molar-refractivity contribution in [2.24, 2.45) is 5.92 Å². The summed E-state index contributed by atoms with van der Waals surface area (Å²) in [6.07, 6.45) is 5.35. The first kappa shape index (κ1) is 17.8. The van der Waals surface area contributed by atoms with Crippen molar-refractivity contribution in [1.82, 2.24) is 9.62 Å². The number of rotatable bonds is 7. The van der Waals surface area contributed by atoms with Crippen LogP contribution in [0.15, 0.2) is 29.2 Å². The Bertz CT molecular complexity index is 590. The average Bonchev–Trinajstić information content (AvgIpc) is 2.95. The van der Waals surface area contributed by atoms with Crippen LogP contribution in [0.2, 0.25) is 0 Å². The van der Waals surface area contributed by atoms with Gasteiger partial charge < -0.3 is 5.32 Å². The van der Waals surface area contributed by atoms with E-state index in [0.717, 1.165) is 19.4 Å². The second-order valence-corrected chi connectivity index (χ2v) is 8.93. The Labute approximate surface area is 138 Å². The molecule has 2 atom stereocenters. The van der Waals surface area contributed by atoms with Gasteiger partial charge in [0.1, 0.15) is 0 Å². The number of benzene rings is 1. The number of nitrogens with zero attached hydrogens (tertiary/aromatic N) is 1. The molecule has 1 aliphatic rings. The number of hydrogen-bond donors (Lipinski definition) is 1. The molecule has 2 rings (SSSR count). The maximum Gasteiger partial charge on any atom is 0.211 e. The summed E-state index contributed by atoms with van der Waals surface area (Å²) in [5.41, 5.74) is 1.37. The highest BCUT2D eigenvalue weighted by atomic mass is 32.2. The molecule has 1 fully saturated rings. The van der Waals surface area contributed by atoms with Gasteiger partial charge in [-0.3, -0.25) is 0 Å². The minimum absolute atomic E-state index is 0.389. The van der Waals surface area contributed by atoms with E-state index in [1.807, 2.05) is 0 Å². The van der Waals surface area contributed by atoms with E-state index in [-0.39, 0.29) is 0 Å². The van der Waals surface area contributed by atoms with E-state index >= 15 is 0 Å². The molecule has 1 aromatic carbocycles. The van der Waals surface area contributed by atoms with E-state index in [1.165, 1.54) is 16.7 Å². The van der Waals surface area contributed by atoms with Gasteiger partial charge in [0.2, 0.25) is 10.0 Å². The lowest BCUT2D eigenvalue weighted by atomic mass is 10.1. The first-order valence-corrected chi connectivity index (χ1v) is 10.8. The van der Waals surface area contributed by atoms with Gasteiger partial charge in [-0.1, -0.05) is 18.2 Å². The van der Waals surface area contributed by atoms with Crippen LogP contribution >= 0.6 is 11.8 Å². The summed E-state index contributed by atoms with van der Waals surface area (Å²) in [6, 6.07) is 8.90. The monoisotopic (exact) mass is 342 g/mol. The smallest absolute Gasteiger partial charge is 0.211 e. The van der Waals surface area contributed by atoms with Gasteiger partial charge in [-0.15, -0.1) is 11.8 Å². The lowest BCUT2D eigenvalue weighted by Gasteiger charge is -2.19. The van der Waals surface area contributed by atoms with Gasteiger partial charge in [0, 0.05) is 24.0 Å². The Morgan fingerprint density at radius 3 is 2.77 bits per heavy atom. The third kappa shape index (κ3) is 4.98. The molecule has 0 aromatic heterocycles. The first-order chi connectivity index (χ1) is 10.4. The van der Waals surface area contributed by atoms with Gasteiger partial charge in [0.05, 0.1) is 6.26 Å². The van der Waals surface area contributed by atoms with E-state index < -0.39 is 10.0 Å². The van der Waals surface area contributed by atoms with Crippen molar-refractivity contribution in [2.45, 2.75) is 30.7 Å². The van der Waals surface area contributed by atoms with Gasteiger partial charge in [-0.05, 0) is 50.1 Å². The van der Waals surface area contributed by atoms with Crippen molar-refractivity contribution in [3.05, 3.63) is 29.8 Å². The minimum Gasteiger partial charge on any atom is -0.314 e. The molecule has 0 spiro atoms. The number of nitrogens with one attached hydrogen (secondary N) is 1. The van der Waals surface area contributed by atoms with Crippen LogP contribution in [0.25, 0.3) is 0 Å². The molecule has 0 unspecified atom stereocenters. The highest BCUT2D eigenvalue weighted by molar-refractivity contribution is 7.98. The second-order valence-electron chi connectivity index (χ2n) is 6.10. The maximum absolute atomic E-state index is 11.5. The molecule has 6 heteroatoms. The van der Waals surface area contributed by atoms with Crippen LogP contribution in [0.1, 0.15) is 18.9 Å². The molecule has 1 saturated heterocycles. The molecule has 0 radical (unpaired) electrons. The molecule has 4 nitrogen and oxygen atoms in total. The zero-order valence-corrected chi connectivity index (χ0v) is 15.2. The Morgan fingerprint density at radius 2 is 2.14 bits per heavy atom. The zero-order valence-electron chi connectivity index (χ0n) is 13.6. The Kier molecular flexibility index (Phi) is 6.32. The largest absolute Gasteiger partial charge is 0.314 e. The Morgan fingerprint density at radius 1 is 1.41 bits per heavy atom. The van der Waals surface area contributed by atoms with E-state index in [1.54, 1.807) is 16.1 Å². The van der Waals surface area contributed by atoms with E-state index in [9.17, 15) is 8.42 Å². The standard InChI is InChI=1S/C16H26N2O2S2/c1-13(10-15-6-4-5-7-16(15)21-2)17-11-14-8-9-18(12-14)22(3,19)20/h4-7,13-14,17H,8-12H2,1-3H3/t13-,14+/m0/s1. The molecule has 22 heavy (non-hydrogen) atoms. The summed E-state index contributed by atoms with van der Waals surface area (Å²) in [4.78, 5) is 1.33. The van der Waals surface area contributed by atoms with Crippen molar-refractivity contribution in [3.63, 3.8) is 0 Å². The fourth-order valence-corrected chi connectivity index (χ4v) is 4.45. The van der Waals surface area contributed by atoms with Crippen molar-refractivity contribution in [3.8, 4) is 0 Å². The highest BCUT2D eigenvalue weighted by Crippen LogP contribution is 2.22. The Balaban J connectivity index is 1.80. The van der Waals surface area contributed by atoms with Gasteiger partial charge in [-0.25, -0.2) is 12.7 Å². The first-order valence-electron chi connectivity index (χ1n) is 7.70. The Hall–Kier alpha value is -0.560. The van der Waals surface area contributed by atoms with Crippen molar-refractivity contribution in [1.29, 1.82) is 0 Å². The van der Waals surface area contributed by atoms with Crippen LogP contribution in [0.4, 0.5) is 0 Å². The molecule has 1 heterocycles. The number of hydrogen-bond acceptors (Lipinski definition) is 4. The fourth-order valence-electron chi connectivity index (χ4n) is 2.91. The molecule has 0 bridgehead atoms. The predicted octanol–water partition coefficient (Wildman–Crippen LogP) is 2.21. The summed E-state index contributed by atoms with van der Waals surface area (Å²) < 4.78 is 24.7. The molecule has 124 valence electrons. The van der Waals surface area contributed by atoms with E-state index in [4.69, 9.17) is 0 Å². The maximum atomic E-state index is 11.5. The fraction of sp³-hybridized carbons (Fsp3) is 0.625. The third-order valence-corrected chi connectivity index (χ3v) is 6.30. The van der Waals surface area contributed by atoms with Crippen LogP contribution in [0.5, 0.6) is 0 Å². The number of thioether (sulfide) groups is 1. The molecular weight excluding hydrogens is 316 g/mol. The SMILES string of the molecule is CSc1ccccc1C[C@H](C)NC[C@H]1CCN(S(C)(=O)=O)C1. The molecule has 1 aromatic rings. The lowest BCUT2D eigenvalue weighted by molar-refractivity contribution is 0.427. The summed E-state index contributed by atoms with van der Waals surface area (Å²) in [5, 5.41) is 3.57. The van der Waals surface area contributed by atoms with Crippen LogP contribution in [0, 0.1) is 5.92 Å². The lowest BCUT2D eigenvalue weighted by Crippen LogP contribution is -2.34. The van der Waals surface area contributed by atoms with Gasteiger partial charge in [0.15, 0.2) is 0 Å². The van der Waals surface area contributed by atoms with E-state index in [2.05, 4.69) is 42.8 Å². The van der Waals surface area contributed by atoms with Crippen LogP contribution in [-0.2, 0) is 16.4 Å². The normalized spacial score (nSPS) is 21.1. The zero-order chi connectivity index (χ0) is 16.2. The quantitative estimate of drug-likeness (QED) is 0.772. The highest BCUT2D eigenvalue weighted by Gasteiger charge is 2.28.